The summed E-state index contributed by atoms with van der Waals surface area (Å²) in [6.45, 7) is 14.0. The van der Waals surface area contributed by atoms with Crippen molar-refractivity contribution in [3.63, 3.8) is 0 Å². The molecule has 5 heteroatoms. The SMILES string of the molecule is CC1(C)C[C@H]2[C@H]3CC=C4[C@@]5(C)CC[C@H](O)[C@](C)(CO)[C@@H]5CC[C@@]4(C)[C@]3(C)C[C@H]3O[C@@H]1[C@@H](O)[C@]32CO. The summed E-state index contributed by atoms with van der Waals surface area (Å²) in [6, 6.07) is 0. The molecule has 5 nitrogen and oxygen atoms in total. The van der Waals surface area contributed by atoms with Crippen LogP contribution in [0, 0.1) is 50.2 Å². The number of fused-ring (bicyclic) bond motifs is 7. The molecular weight excluding hydrogens is 440 g/mol. The lowest BCUT2D eigenvalue weighted by molar-refractivity contribution is -0.208. The topological polar surface area (TPSA) is 90.2 Å². The summed E-state index contributed by atoms with van der Waals surface area (Å²) in [5, 5.41) is 43.7. The van der Waals surface area contributed by atoms with Gasteiger partial charge >= 0.3 is 0 Å². The molecule has 0 amide bonds. The molecule has 6 aliphatic rings. The lowest BCUT2D eigenvalue weighted by atomic mass is 9.33. The molecule has 12 atom stereocenters. The van der Waals surface area contributed by atoms with Gasteiger partial charge in [-0.25, -0.2) is 0 Å². The first-order chi connectivity index (χ1) is 16.3. The van der Waals surface area contributed by atoms with E-state index < -0.39 is 23.0 Å². The molecule has 0 aromatic rings. The van der Waals surface area contributed by atoms with Crippen LogP contribution in [0.2, 0.25) is 0 Å². The predicted molar refractivity (Wildman–Crippen MR) is 134 cm³/mol. The Hall–Kier alpha value is -0.460. The molecule has 4 saturated carbocycles. The van der Waals surface area contributed by atoms with Gasteiger partial charge in [0.05, 0.1) is 43.0 Å². The number of rotatable bonds is 2. The average Bonchev–Trinajstić information content (AvgIpc) is 3.05. The third kappa shape index (κ3) is 2.59. The summed E-state index contributed by atoms with van der Waals surface area (Å²) in [4.78, 5) is 0. The second-order valence-electron chi connectivity index (χ2n) is 15.2. The smallest absolute Gasteiger partial charge is 0.0913 e. The second kappa shape index (κ2) is 7.14. The number of hydrogen-bond acceptors (Lipinski definition) is 5. The van der Waals surface area contributed by atoms with E-state index >= 15 is 0 Å². The average molecular weight is 489 g/mol. The Labute approximate surface area is 211 Å². The van der Waals surface area contributed by atoms with Crippen LogP contribution in [0.25, 0.3) is 0 Å². The van der Waals surface area contributed by atoms with Gasteiger partial charge in [-0.05, 0) is 84.4 Å². The fourth-order valence-electron chi connectivity index (χ4n) is 11.5. The summed E-state index contributed by atoms with van der Waals surface area (Å²) in [6.07, 6.45) is 7.78. The van der Waals surface area contributed by atoms with Crippen molar-refractivity contribution in [1.29, 1.82) is 0 Å². The Morgan fingerprint density at radius 3 is 2.29 bits per heavy atom. The molecule has 0 unspecified atom stereocenters. The third-order valence-corrected chi connectivity index (χ3v) is 13.7. The van der Waals surface area contributed by atoms with Crippen molar-refractivity contribution in [3.8, 4) is 0 Å². The fraction of sp³-hybridized carbons (Fsp3) is 0.933. The van der Waals surface area contributed by atoms with Gasteiger partial charge in [-0.3, -0.25) is 0 Å². The standard InChI is InChI=1S/C30H48O5/c1-25(2)13-18-17-7-8-20-26(3)11-10-21(33)27(4,15-31)19(26)9-12-28(20,5)29(17,6)14-22-30(18,16-32)23(34)24(25)35-22/h8,17-19,21-24,31-34H,7,9-16H2,1-6H3/t17-,18+,19-,21+,22-,23-,24-,26+,27-,28-,29-,30+/m1/s1. The molecule has 4 N–H and O–H groups in total. The van der Waals surface area contributed by atoms with Crippen molar-refractivity contribution < 1.29 is 25.2 Å². The molecule has 2 bridgehead atoms. The molecule has 198 valence electrons. The lowest BCUT2D eigenvalue weighted by Crippen LogP contribution is -2.68. The van der Waals surface area contributed by atoms with Crippen molar-refractivity contribution in [2.45, 2.75) is 111 Å². The molecule has 6 rings (SSSR count). The van der Waals surface area contributed by atoms with Crippen LogP contribution >= 0.6 is 0 Å². The maximum absolute atomic E-state index is 11.5. The lowest BCUT2D eigenvalue weighted by Gasteiger charge is -2.71. The Balaban J connectivity index is 1.47. The Morgan fingerprint density at radius 1 is 0.914 bits per heavy atom. The maximum atomic E-state index is 11.5. The van der Waals surface area contributed by atoms with Gasteiger partial charge in [0, 0.05) is 5.41 Å². The zero-order valence-electron chi connectivity index (χ0n) is 22.7. The van der Waals surface area contributed by atoms with Crippen molar-refractivity contribution in [2.75, 3.05) is 13.2 Å². The summed E-state index contributed by atoms with van der Waals surface area (Å²) in [7, 11) is 0. The molecule has 35 heavy (non-hydrogen) atoms. The van der Waals surface area contributed by atoms with Crippen LogP contribution in [0.1, 0.15) is 86.5 Å². The van der Waals surface area contributed by atoms with E-state index in [9.17, 15) is 20.4 Å². The number of aliphatic hydroxyl groups excluding tert-OH is 4. The van der Waals surface area contributed by atoms with Gasteiger partial charge in [0.2, 0.25) is 0 Å². The van der Waals surface area contributed by atoms with E-state index in [0.717, 1.165) is 44.9 Å². The molecule has 1 heterocycles. The minimum atomic E-state index is -0.604. The number of allylic oxidation sites excluding steroid dienone is 2. The quantitative estimate of drug-likeness (QED) is 0.440. The van der Waals surface area contributed by atoms with Gasteiger partial charge in [0.25, 0.3) is 0 Å². The van der Waals surface area contributed by atoms with Gasteiger partial charge in [-0.15, -0.1) is 0 Å². The highest BCUT2D eigenvalue weighted by molar-refractivity contribution is 5.37. The molecular formula is C30H48O5. The monoisotopic (exact) mass is 488 g/mol. The van der Waals surface area contributed by atoms with E-state index in [-0.39, 0.29) is 58.9 Å². The van der Waals surface area contributed by atoms with E-state index in [4.69, 9.17) is 4.74 Å². The molecule has 5 aliphatic carbocycles. The van der Waals surface area contributed by atoms with Gasteiger partial charge in [-0.1, -0.05) is 53.2 Å². The van der Waals surface area contributed by atoms with Crippen LogP contribution in [-0.2, 0) is 4.74 Å². The van der Waals surface area contributed by atoms with E-state index in [1.165, 1.54) is 0 Å². The second-order valence-corrected chi connectivity index (χ2v) is 15.2. The van der Waals surface area contributed by atoms with Crippen molar-refractivity contribution in [1.82, 2.24) is 0 Å². The van der Waals surface area contributed by atoms with Crippen LogP contribution in [0.3, 0.4) is 0 Å². The van der Waals surface area contributed by atoms with Gasteiger partial charge in [-0.2, -0.15) is 0 Å². The predicted octanol–water partition coefficient (Wildman–Crippen LogP) is 4.07. The van der Waals surface area contributed by atoms with E-state index in [0.29, 0.717) is 5.92 Å². The zero-order chi connectivity index (χ0) is 25.4. The molecule has 0 aromatic carbocycles. The van der Waals surface area contributed by atoms with Crippen LogP contribution in [0.5, 0.6) is 0 Å². The first-order valence-corrected chi connectivity index (χ1v) is 14.2. The molecule has 1 saturated heterocycles. The minimum Gasteiger partial charge on any atom is -0.396 e. The van der Waals surface area contributed by atoms with Gasteiger partial charge in [0.15, 0.2) is 0 Å². The summed E-state index contributed by atoms with van der Waals surface area (Å²) < 4.78 is 6.72. The zero-order valence-corrected chi connectivity index (χ0v) is 22.7. The summed E-state index contributed by atoms with van der Waals surface area (Å²) in [5.41, 5.74) is 0.414. The first kappa shape index (κ1) is 24.9. The summed E-state index contributed by atoms with van der Waals surface area (Å²) >= 11 is 0. The maximum Gasteiger partial charge on any atom is 0.0913 e. The Bertz CT molecular complexity index is 945. The minimum absolute atomic E-state index is 0.000568. The molecule has 5 fully saturated rings. The number of aliphatic hydroxyl groups is 4. The summed E-state index contributed by atoms with van der Waals surface area (Å²) in [5.74, 6) is 0.897. The Morgan fingerprint density at radius 2 is 1.63 bits per heavy atom. The van der Waals surface area contributed by atoms with Crippen LogP contribution in [-0.4, -0.2) is 58.1 Å². The first-order valence-electron chi connectivity index (χ1n) is 14.2. The Kier molecular flexibility index (Phi) is 5.07. The van der Waals surface area contributed by atoms with Crippen LogP contribution in [0.4, 0.5) is 0 Å². The van der Waals surface area contributed by atoms with Gasteiger partial charge in [0.1, 0.15) is 0 Å². The largest absolute Gasteiger partial charge is 0.396 e. The molecule has 0 aromatic heterocycles. The van der Waals surface area contributed by atoms with Gasteiger partial charge < -0.3 is 25.2 Å². The van der Waals surface area contributed by atoms with E-state index in [1.807, 2.05) is 0 Å². The number of ether oxygens (including phenoxy) is 1. The molecule has 1 aliphatic heterocycles. The highest BCUT2D eigenvalue weighted by atomic mass is 16.5. The van der Waals surface area contributed by atoms with Crippen molar-refractivity contribution in [2.24, 2.45) is 50.2 Å². The third-order valence-electron chi connectivity index (χ3n) is 13.7. The molecule has 0 radical (unpaired) electrons. The number of hydrogen-bond donors (Lipinski definition) is 4. The van der Waals surface area contributed by atoms with Crippen LogP contribution < -0.4 is 0 Å². The van der Waals surface area contributed by atoms with E-state index in [2.05, 4.69) is 47.6 Å². The van der Waals surface area contributed by atoms with E-state index in [1.54, 1.807) is 5.57 Å². The fourth-order valence-corrected chi connectivity index (χ4v) is 11.5. The van der Waals surface area contributed by atoms with Crippen molar-refractivity contribution in [3.05, 3.63) is 11.6 Å². The highest BCUT2D eigenvalue weighted by Crippen LogP contribution is 2.77. The highest BCUT2D eigenvalue weighted by Gasteiger charge is 2.76. The van der Waals surface area contributed by atoms with Crippen LogP contribution in [0.15, 0.2) is 11.6 Å². The molecule has 0 spiro atoms. The van der Waals surface area contributed by atoms with Crippen molar-refractivity contribution >= 4 is 0 Å². The normalized spacial score (nSPS) is 60.3.